The van der Waals surface area contributed by atoms with Gasteiger partial charge in [0.1, 0.15) is 11.8 Å². The fraction of sp³-hybridized carbons (Fsp3) is 0.360. The second-order valence-electron chi connectivity index (χ2n) is 8.70. The van der Waals surface area contributed by atoms with E-state index in [1.165, 1.54) is 6.07 Å². The molecular formula is C25H25F3N4O2. The van der Waals surface area contributed by atoms with Crippen LogP contribution in [-0.4, -0.2) is 44.4 Å². The zero-order valence-corrected chi connectivity index (χ0v) is 19.1. The molecule has 3 unspecified atom stereocenters. The number of rotatable bonds is 5. The Morgan fingerprint density at radius 3 is 2.59 bits per heavy atom. The quantitative estimate of drug-likeness (QED) is 0.514. The number of pyridine rings is 3. The minimum Gasteiger partial charge on any atom is -0.472 e. The highest BCUT2D eigenvalue weighted by Crippen LogP contribution is 2.32. The Bertz CT molecular complexity index is 1150. The third-order valence-electron chi connectivity index (χ3n) is 5.89. The van der Waals surface area contributed by atoms with E-state index < -0.39 is 17.8 Å². The van der Waals surface area contributed by atoms with E-state index in [9.17, 15) is 18.0 Å². The Balaban J connectivity index is 1.58. The van der Waals surface area contributed by atoms with E-state index in [-0.39, 0.29) is 23.7 Å². The summed E-state index contributed by atoms with van der Waals surface area (Å²) in [5, 5.41) is 0. The average molecular weight is 470 g/mol. The van der Waals surface area contributed by atoms with E-state index in [1.54, 1.807) is 30.3 Å². The van der Waals surface area contributed by atoms with E-state index in [2.05, 4.69) is 15.0 Å². The van der Waals surface area contributed by atoms with Crippen LogP contribution in [0.2, 0.25) is 0 Å². The van der Waals surface area contributed by atoms with Gasteiger partial charge in [0, 0.05) is 36.8 Å². The highest BCUT2D eigenvalue weighted by atomic mass is 19.4. The second-order valence-corrected chi connectivity index (χ2v) is 8.70. The molecule has 0 aromatic carbocycles. The fourth-order valence-corrected chi connectivity index (χ4v) is 4.24. The second kappa shape index (κ2) is 9.40. The number of alkyl halides is 3. The summed E-state index contributed by atoms with van der Waals surface area (Å²) >= 11 is 0. The normalized spacial score (nSPS) is 19.2. The SMILES string of the molecule is Cc1cnc(C(=O)N2CC(C)CC2C(C)Oc2ccc(C(F)(F)F)cn2)c(-c2ccccn2)c1. The van der Waals surface area contributed by atoms with Crippen molar-refractivity contribution in [3.8, 4) is 17.1 Å². The molecule has 9 heteroatoms. The average Bonchev–Trinajstić information content (AvgIpc) is 3.21. The predicted molar refractivity (Wildman–Crippen MR) is 120 cm³/mol. The van der Waals surface area contributed by atoms with Crippen LogP contribution in [0.4, 0.5) is 13.2 Å². The number of carbonyl (C=O) groups is 1. The van der Waals surface area contributed by atoms with Gasteiger partial charge in [0.25, 0.3) is 5.91 Å². The summed E-state index contributed by atoms with van der Waals surface area (Å²) in [6.45, 7) is 6.27. The maximum atomic E-state index is 13.7. The van der Waals surface area contributed by atoms with Gasteiger partial charge in [-0.3, -0.25) is 14.8 Å². The number of ether oxygens (including phenoxy) is 1. The molecule has 4 rings (SSSR count). The lowest BCUT2D eigenvalue weighted by molar-refractivity contribution is -0.137. The van der Waals surface area contributed by atoms with Crippen molar-refractivity contribution in [2.24, 2.45) is 5.92 Å². The monoisotopic (exact) mass is 470 g/mol. The standard InChI is InChI=1S/C25H25F3N4O2/c1-15-10-19(20-6-4-5-9-29-20)23(31-12-15)24(33)32-14-16(2)11-21(32)17(3)34-22-8-7-18(13-30-22)25(26,27)28/h4-10,12-13,16-17,21H,11,14H2,1-3H3. The molecule has 0 aliphatic carbocycles. The molecule has 1 aliphatic heterocycles. The van der Waals surface area contributed by atoms with Crippen molar-refractivity contribution in [3.63, 3.8) is 0 Å². The number of nitrogens with zero attached hydrogens (tertiary/aromatic N) is 4. The molecule has 0 saturated carbocycles. The van der Waals surface area contributed by atoms with Crippen molar-refractivity contribution >= 4 is 5.91 Å². The minimum atomic E-state index is -4.46. The smallest absolute Gasteiger partial charge is 0.417 e. The minimum absolute atomic E-state index is 0.0788. The van der Waals surface area contributed by atoms with Crippen LogP contribution in [0.15, 0.2) is 55.0 Å². The van der Waals surface area contributed by atoms with Gasteiger partial charge < -0.3 is 9.64 Å². The molecule has 0 bridgehead atoms. The van der Waals surface area contributed by atoms with Gasteiger partial charge in [-0.25, -0.2) is 4.98 Å². The zero-order valence-electron chi connectivity index (χ0n) is 19.1. The fourth-order valence-electron chi connectivity index (χ4n) is 4.24. The number of carbonyl (C=O) groups excluding carboxylic acids is 1. The van der Waals surface area contributed by atoms with Crippen molar-refractivity contribution in [1.82, 2.24) is 19.9 Å². The molecule has 1 fully saturated rings. The van der Waals surface area contributed by atoms with Crippen molar-refractivity contribution in [2.45, 2.75) is 45.5 Å². The topological polar surface area (TPSA) is 68.2 Å². The molecule has 3 atom stereocenters. The Labute approximate surface area is 195 Å². The lowest BCUT2D eigenvalue weighted by Crippen LogP contribution is -2.44. The Morgan fingerprint density at radius 2 is 1.94 bits per heavy atom. The molecular weight excluding hydrogens is 445 g/mol. The number of hydrogen-bond donors (Lipinski definition) is 0. The first kappa shape index (κ1) is 23.7. The first-order valence-electron chi connectivity index (χ1n) is 11.0. The van der Waals surface area contributed by atoms with Crippen LogP contribution in [0, 0.1) is 12.8 Å². The maximum Gasteiger partial charge on any atom is 0.417 e. The lowest BCUT2D eigenvalue weighted by atomic mass is 10.0. The molecule has 1 amide bonds. The first-order valence-corrected chi connectivity index (χ1v) is 11.0. The van der Waals surface area contributed by atoms with E-state index in [0.29, 0.717) is 29.9 Å². The van der Waals surface area contributed by atoms with E-state index >= 15 is 0 Å². The molecule has 1 saturated heterocycles. The van der Waals surface area contributed by atoms with Crippen molar-refractivity contribution in [1.29, 1.82) is 0 Å². The van der Waals surface area contributed by atoms with Crippen LogP contribution in [0.1, 0.15) is 41.9 Å². The third kappa shape index (κ3) is 5.03. The predicted octanol–water partition coefficient (Wildman–Crippen LogP) is 5.18. The number of hydrogen-bond acceptors (Lipinski definition) is 5. The number of likely N-dealkylation sites (tertiary alicyclic amines) is 1. The van der Waals surface area contributed by atoms with Crippen LogP contribution >= 0.6 is 0 Å². The Hall–Kier alpha value is -3.49. The summed E-state index contributed by atoms with van der Waals surface area (Å²) in [5.74, 6) is 0.0743. The summed E-state index contributed by atoms with van der Waals surface area (Å²) in [7, 11) is 0. The van der Waals surface area contributed by atoms with Crippen molar-refractivity contribution < 1.29 is 22.7 Å². The van der Waals surface area contributed by atoms with Crippen molar-refractivity contribution in [2.75, 3.05) is 6.54 Å². The molecule has 0 radical (unpaired) electrons. The number of aromatic nitrogens is 3. The van der Waals surface area contributed by atoms with Gasteiger partial charge in [0.05, 0.1) is 17.3 Å². The zero-order chi connectivity index (χ0) is 24.5. The maximum absolute atomic E-state index is 13.7. The van der Waals surface area contributed by atoms with Crippen LogP contribution in [0.5, 0.6) is 5.88 Å². The van der Waals surface area contributed by atoms with E-state index in [1.807, 2.05) is 32.0 Å². The molecule has 0 spiro atoms. The molecule has 178 valence electrons. The van der Waals surface area contributed by atoms with Gasteiger partial charge in [-0.05, 0) is 56.0 Å². The Morgan fingerprint density at radius 1 is 1.15 bits per heavy atom. The van der Waals surface area contributed by atoms with Gasteiger partial charge in [0.15, 0.2) is 0 Å². The number of amides is 1. The molecule has 3 aromatic rings. The van der Waals surface area contributed by atoms with E-state index in [4.69, 9.17) is 4.74 Å². The largest absolute Gasteiger partial charge is 0.472 e. The van der Waals surface area contributed by atoms with Crippen LogP contribution < -0.4 is 4.74 Å². The molecule has 1 aliphatic rings. The molecule has 3 aromatic heterocycles. The summed E-state index contributed by atoms with van der Waals surface area (Å²) in [6, 6.07) is 9.23. The van der Waals surface area contributed by atoms with Gasteiger partial charge >= 0.3 is 6.18 Å². The Kier molecular flexibility index (Phi) is 6.54. The molecule has 34 heavy (non-hydrogen) atoms. The van der Waals surface area contributed by atoms with E-state index in [0.717, 1.165) is 17.8 Å². The summed E-state index contributed by atoms with van der Waals surface area (Å²) in [5.41, 5.74) is 1.69. The lowest BCUT2D eigenvalue weighted by Gasteiger charge is -2.30. The van der Waals surface area contributed by atoms with Gasteiger partial charge in [-0.1, -0.05) is 13.0 Å². The summed E-state index contributed by atoms with van der Waals surface area (Å²) in [6.07, 6.45) is -0.189. The van der Waals surface area contributed by atoms with Gasteiger partial charge in [0.2, 0.25) is 5.88 Å². The molecule has 4 heterocycles. The number of halogens is 3. The van der Waals surface area contributed by atoms with Crippen LogP contribution in [-0.2, 0) is 6.18 Å². The van der Waals surface area contributed by atoms with Crippen LogP contribution in [0.3, 0.4) is 0 Å². The van der Waals surface area contributed by atoms with Gasteiger partial charge in [-0.15, -0.1) is 0 Å². The molecule has 0 N–H and O–H groups in total. The summed E-state index contributed by atoms with van der Waals surface area (Å²) in [4.78, 5) is 28.0. The first-order chi connectivity index (χ1) is 16.1. The van der Waals surface area contributed by atoms with Gasteiger partial charge in [-0.2, -0.15) is 13.2 Å². The van der Waals surface area contributed by atoms with Crippen LogP contribution in [0.25, 0.3) is 11.3 Å². The molecule has 6 nitrogen and oxygen atoms in total. The summed E-state index contributed by atoms with van der Waals surface area (Å²) < 4.78 is 44.3. The highest BCUT2D eigenvalue weighted by molar-refractivity contribution is 5.99. The number of aryl methyl sites for hydroxylation is 1. The highest BCUT2D eigenvalue weighted by Gasteiger charge is 2.39. The van der Waals surface area contributed by atoms with Crippen molar-refractivity contribution in [3.05, 3.63) is 71.8 Å². The third-order valence-corrected chi connectivity index (χ3v) is 5.89.